The molecule has 0 saturated carbocycles. The largest absolute Gasteiger partial charge is 0.467 e. The summed E-state index contributed by atoms with van der Waals surface area (Å²) in [4.78, 5) is 31.4. The van der Waals surface area contributed by atoms with Crippen LogP contribution < -0.4 is 10.2 Å². The summed E-state index contributed by atoms with van der Waals surface area (Å²) in [5.74, 6) is 1.11. The van der Waals surface area contributed by atoms with Gasteiger partial charge < -0.3 is 19.2 Å². The zero-order valence-electron chi connectivity index (χ0n) is 19.5. The van der Waals surface area contributed by atoms with Crippen molar-refractivity contribution in [1.29, 1.82) is 0 Å². The van der Waals surface area contributed by atoms with Gasteiger partial charge in [0.25, 0.3) is 5.91 Å². The molecule has 0 radical (unpaired) electrons. The SMILES string of the molecule is CCCn1c(SCC(=O)N(C)c2ccccc2C(=O)NCc2ccco2)nnc1-c1ccncc1. The molecule has 3 aromatic heterocycles. The third kappa shape index (κ3) is 5.78. The molecule has 4 rings (SSSR count). The second-order valence-electron chi connectivity index (χ2n) is 7.71. The second kappa shape index (κ2) is 11.5. The molecule has 0 aliphatic rings. The summed E-state index contributed by atoms with van der Waals surface area (Å²) < 4.78 is 7.29. The third-order valence-corrected chi connectivity index (χ3v) is 6.27. The number of furan rings is 1. The molecule has 0 fully saturated rings. The van der Waals surface area contributed by atoms with Crippen LogP contribution in [-0.2, 0) is 17.9 Å². The Kier molecular flexibility index (Phi) is 7.94. The minimum Gasteiger partial charge on any atom is -0.467 e. The maximum atomic E-state index is 13.1. The van der Waals surface area contributed by atoms with Gasteiger partial charge in [0.2, 0.25) is 5.91 Å². The predicted octanol–water partition coefficient (Wildman–Crippen LogP) is 4.03. The Bertz CT molecular complexity index is 1270. The van der Waals surface area contributed by atoms with Crippen LogP contribution in [0.5, 0.6) is 0 Å². The first-order chi connectivity index (χ1) is 17.1. The van der Waals surface area contributed by atoms with Crippen molar-refractivity contribution in [2.24, 2.45) is 0 Å². The number of carbonyl (C=O) groups excluding carboxylic acids is 2. The number of thioether (sulfide) groups is 1. The molecule has 35 heavy (non-hydrogen) atoms. The summed E-state index contributed by atoms with van der Waals surface area (Å²) in [7, 11) is 1.67. The molecule has 9 nitrogen and oxygen atoms in total. The molecule has 0 atom stereocenters. The van der Waals surface area contributed by atoms with Gasteiger partial charge in [-0.3, -0.25) is 14.6 Å². The fourth-order valence-corrected chi connectivity index (χ4v) is 4.40. The van der Waals surface area contributed by atoms with Gasteiger partial charge in [0, 0.05) is 31.5 Å². The van der Waals surface area contributed by atoms with Crippen molar-refractivity contribution in [3.8, 4) is 11.4 Å². The first kappa shape index (κ1) is 24.2. The van der Waals surface area contributed by atoms with Crippen molar-refractivity contribution < 1.29 is 14.0 Å². The predicted molar refractivity (Wildman–Crippen MR) is 134 cm³/mol. The topological polar surface area (TPSA) is 106 Å². The highest BCUT2D eigenvalue weighted by molar-refractivity contribution is 7.99. The number of hydrogen-bond donors (Lipinski definition) is 1. The molecule has 0 aliphatic heterocycles. The normalized spacial score (nSPS) is 10.8. The number of nitrogens with one attached hydrogen (secondary N) is 1. The number of nitrogens with zero attached hydrogens (tertiary/aromatic N) is 5. The lowest BCUT2D eigenvalue weighted by atomic mass is 10.1. The zero-order chi connectivity index (χ0) is 24.6. The summed E-state index contributed by atoms with van der Waals surface area (Å²) in [6.07, 6.45) is 5.89. The average Bonchev–Trinajstić information content (AvgIpc) is 3.56. The van der Waals surface area contributed by atoms with Crippen LogP contribution in [0.15, 0.2) is 76.8 Å². The van der Waals surface area contributed by atoms with E-state index in [0.29, 0.717) is 22.2 Å². The number of anilines is 1. The second-order valence-corrected chi connectivity index (χ2v) is 8.66. The Hall–Kier alpha value is -3.92. The number of amides is 2. The van der Waals surface area contributed by atoms with Crippen molar-refractivity contribution in [3.05, 3.63) is 78.5 Å². The van der Waals surface area contributed by atoms with Crippen molar-refractivity contribution in [2.75, 3.05) is 17.7 Å². The van der Waals surface area contributed by atoms with Crippen LogP contribution in [0.2, 0.25) is 0 Å². The molecule has 0 saturated heterocycles. The van der Waals surface area contributed by atoms with E-state index >= 15 is 0 Å². The van der Waals surface area contributed by atoms with Gasteiger partial charge in [0.1, 0.15) is 5.76 Å². The fraction of sp³-hybridized carbons (Fsp3) is 0.240. The van der Waals surface area contributed by atoms with Crippen LogP contribution in [-0.4, -0.2) is 44.4 Å². The number of carbonyl (C=O) groups is 2. The molecule has 3 heterocycles. The number of rotatable bonds is 10. The lowest BCUT2D eigenvalue weighted by Crippen LogP contribution is -2.31. The van der Waals surface area contributed by atoms with Gasteiger partial charge in [-0.05, 0) is 42.8 Å². The first-order valence-corrected chi connectivity index (χ1v) is 12.2. The molecule has 1 aromatic carbocycles. The summed E-state index contributed by atoms with van der Waals surface area (Å²) in [6.45, 7) is 3.08. The quantitative estimate of drug-likeness (QED) is 0.335. The molecular formula is C25H26N6O3S. The molecule has 10 heteroatoms. The Morgan fingerprint density at radius 3 is 2.63 bits per heavy atom. The van der Waals surface area contributed by atoms with Crippen molar-refractivity contribution in [1.82, 2.24) is 25.1 Å². The van der Waals surface area contributed by atoms with E-state index in [-0.39, 0.29) is 24.1 Å². The number of para-hydroxylation sites is 1. The number of aromatic nitrogens is 4. The fourth-order valence-electron chi connectivity index (χ4n) is 3.53. The van der Waals surface area contributed by atoms with Crippen LogP contribution >= 0.6 is 11.8 Å². The van der Waals surface area contributed by atoms with E-state index in [2.05, 4.69) is 27.4 Å². The highest BCUT2D eigenvalue weighted by Crippen LogP contribution is 2.26. The number of pyridine rings is 1. The third-order valence-electron chi connectivity index (χ3n) is 5.31. The van der Waals surface area contributed by atoms with Crippen LogP contribution in [0.1, 0.15) is 29.5 Å². The maximum absolute atomic E-state index is 13.1. The van der Waals surface area contributed by atoms with Crippen LogP contribution in [0.4, 0.5) is 5.69 Å². The van der Waals surface area contributed by atoms with Crippen molar-refractivity contribution >= 4 is 29.3 Å². The van der Waals surface area contributed by atoms with E-state index in [1.54, 1.807) is 62.1 Å². The van der Waals surface area contributed by atoms with E-state index in [9.17, 15) is 9.59 Å². The monoisotopic (exact) mass is 490 g/mol. The minimum atomic E-state index is -0.283. The molecular weight excluding hydrogens is 464 g/mol. The molecule has 0 unspecified atom stereocenters. The molecule has 2 amide bonds. The van der Waals surface area contributed by atoms with Gasteiger partial charge in [-0.1, -0.05) is 30.8 Å². The Morgan fingerprint density at radius 2 is 1.89 bits per heavy atom. The van der Waals surface area contributed by atoms with Gasteiger partial charge in [-0.15, -0.1) is 10.2 Å². The molecule has 0 bridgehead atoms. The van der Waals surface area contributed by atoms with Gasteiger partial charge in [0.15, 0.2) is 11.0 Å². The number of hydrogen-bond acceptors (Lipinski definition) is 7. The van der Waals surface area contributed by atoms with E-state index in [1.165, 1.54) is 16.7 Å². The Morgan fingerprint density at radius 1 is 1.09 bits per heavy atom. The Balaban J connectivity index is 1.45. The lowest BCUT2D eigenvalue weighted by Gasteiger charge is -2.20. The van der Waals surface area contributed by atoms with E-state index in [1.807, 2.05) is 16.7 Å². The van der Waals surface area contributed by atoms with E-state index in [0.717, 1.165) is 24.4 Å². The minimum absolute atomic E-state index is 0.150. The molecule has 180 valence electrons. The van der Waals surface area contributed by atoms with Crippen molar-refractivity contribution in [2.45, 2.75) is 31.6 Å². The molecule has 0 aliphatic carbocycles. The summed E-state index contributed by atoms with van der Waals surface area (Å²) in [5.41, 5.74) is 1.86. The van der Waals surface area contributed by atoms with Crippen LogP contribution in [0.3, 0.4) is 0 Å². The summed E-state index contributed by atoms with van der Waals surface area (Å²) >= 11 is 1.33. The molecule has 0 spiro atoms. The standard InChI is InChI=1S/C25H26N6O3S/c1-3-14-31-23(18-10-12-26-13-11-18)28-29-25(31)35-17-22(32)30(2)21-9-5-4-8-20(21)24(33)27-16-19-7-6-15-34-19/h4-13,15H,3,14,16-17H2,1-2H3,(H,27,33). The van der Waals surface area contributed by atoms with Gasteiger partial charge in [0.05, 0.1) is 29.8 Å². The van der Waals surface area contributed by atoms with Gasteiger partial charge in [-0.25, -0.2) is 0 Å². The highest BCUT2D eigenvalue weighted by atomic mass is 32.2. The maximum Gasteiger partial charge on any atom is 0.253 e. The van der Waals surface area contributed by atoms with E-state index < -0.39 is 0 Å². The van der Waals surface area contributed by atoms with Crippen LogP contribution in [0.25, 0.3) is 11.4 Å². The van der Waals surface area contributed by atoms with Gasteiger partial charge >= 0.3 is 0 Å². The lowest BCUT2D eigenvalue weighted by molar-refractivity contribution is -0.115. The smallest absolute Gasteiger partial charge is 0.253 e. The number of benzene rings is 1. The summed E-state index contributed by atoms with van der Waals surface area (Å²) in [5, 5.41) is 12.2. The van der Waals surface area contributed by atoms with Crippen LogP contribution in [0, 0.1) is 0 Å². The average molecular weight is 491 g/mol. The first-order valence-electron chi connectivity index (χ1n) is 11.2. The van der Waals surface area contributed by atoms with E-state index in [4.69, 9.17) is 4.42 Å². The van der Waals surface area contributed by atoms with Crippen molar-refractivity contribution in [3.63, 3.8) is 0 Å². The Labute approximate surface area is 207 Å². The zero-order valence-corrected chi connectivity index (χ0v) is 20.4. The summed E-state index contributed by atoms with van der Waals surface area (Å²) in [6, 6.07) is 14.3. The molecule has 4 aromatic rings. The molecule has 1 N–H and O–H groups in total. The van der Waals surface area contributed by atoms with Gasteiger partial charge in [-0.2, -0.15) is 0 Å². The highest BCUT2D eigenvalue weighted by Gasteiger charge is 2.21.